The number of rotatable bonds is 4. The standard InChI is InChI=1S/C8H14N2/c1-4-9-5-6-10-7-8(2)3/h4-9H,1H2,2-3H3/b6-5-,10-7?. The maximum Gasteiger partial charge on any atom is 0.0424 e. The second-order valence-corrected chi connectivity index (χ2v) is 2.23. The lowest BCUT2D eigenvalue weighted by Gasteiger charge is -1.88. The molecule has 2 nitrogen and oxygen atoms in total. The van der Waals surface area contributed by atoms with E-state index in [-0.39, 0.29) is 0 Å². The van der Waals surface area contributed by atoms with E-state index in [0.29, 0.717) is 5.92 Å². The van der Waals surface area contributed by atoms with E-state index in [1.807, 2.05) is 6.21 Å². The highest BCUT2D eigenvalue weighted by Crippen LogP contribution is 1.84. The summed E-state index contributed by atoms with van der Waals surface area (Å²) in [6, 6.07) is 0. The molecular weight excluding hydrogens is 124 g/mol. The predicted molar refractivity (Wildman–Crippen MR) is 45.8 cm³/mol. The van der Waals surface area contributed by atoms with Crippen LogP contribution < -0.4 is 5.32 Å². The van der Waals surface area contributed by atoms with E-state index in [0.717, 1.165) is 0 Å². The molecule has 0 aromatic rings. The molecule has 0 rings (SSSR count). The van der Waals surface area contributed by atoms with Crippen molar-refractivity contribution in [1.82, 2.24) is 5.32 Å². The Morgan fingerprint density at radius 1 is 1.50 bits per heavy atom. The van der Waals surface area contributed by atoms with Crippen molar-refractivity contribution in [2.75, 3.05) is 0 Å². The first kappa shape index (κ1) is 8.95. The van der Waals surface area contributed by atoms with E-state index in [4.69, 9.17) is 0 Å². The third-order valence-electron chi connectivity index (χ3n) is 0.759. The molecule has 56 valence electrons. The first-order chi connectivity index (χ1) is 4.77. The van der Waals surface area contributed by atoms with Crippen LogP contribution in [0, 0.1) is 5.92 Å². The van der Waals surface area contributed by atoms with E-state index < -0.39 is 0 Å². The molecule has 0 saturated carbocycles. The van der Waals surface area contributed by atoms with Crippen LogP contribution in [0.3, 0.4) is 0 Å². The smallest absolute Gasteiger partial charge is 0.0424 e. The molecule has 0 fully saturated rings. The van der Waals surface area contributed by atoms with Crippen molar-refractivity contribution < 1.29 is 0 Å². The third kappa shape index (κ3) is 6.95. The topological polar surface area (TPSA) is 24.4 Å². The Hall–Kier alpha value is -1.05. The van der Waals surface area contributed by atoms with Crippen molar-refractivity contribution in [2.24, 2.45) is 10.9 Å². The molecule has 0 aliphatic rings. The molecule has 0 spiro atoms. The van der Waals surface area contributed by atoms with Crippen LogP contribution in [-0.4, -0.2) is 6.21 Å². The Bertz CT molecular complexity index is 134. The first-order valence-electron chi connectivity index (χ1n) is 3.32. The van der Waals surface area contributed by atoms with Crippen LogP contribution in [0.5, 0.6) is 0 Å². The SMILES string of the molecule is C=CN/C=C\N=CC(C)C. The molecular formula is C8H14N2. The summed E-state index contributed by atoms with van der Waals surface area (Å²) in [5.41, 5.74) is 0. The molecule has 0 saturated heterocycles. The molecule has 0 aliphatic heterocycles. The zero-order valence-corrected chi connectivity index (χ0v) is 6.54. The van der Waals surface area contributed by atoms with Gasteiger partial charge in [0.2, 0.25) is 0 Å². The fraction of sp³-hybridized carbons (Fsp3) is 0.375. The Balaban J connectivity index is 3.41. The first-order valence-corrected chi connectivity index (χ1v) is 3.32. The van der Waals surface area contributed by atoms with E-state index in [2.05, 4.69) is 30.7 Å². The zero-order valence-electron chi connectivity index (χ0n) is 6.54. The van der Waals surface area contributed by atoms with Gasteiger partial charge in [-0.3, -0.25) is 4.99 Å². The lowest BCUT2D eigenvalue weighted by atomic mass is 10.3. The van der Waals surface area contributed by atoms with Crippen molar-refractivity contribution >= 4 is 6.21 Å². The Labute approximate surface area is 62.4 Å². The summed E-state index contributed by atoms with van der Waals surface area (Å²) in [4.78, 5) is 3.99. The molecule has 0 aliphatic carbocycles. The third-order valence-corrected chi connectivity index (χ3v) is 0.759. The average molecular weight is 138 g/mol. The van der Waals surface area contributed by atoms with Crippen LogP contribution in [0.1, 0.15) is 13.8 Å². The summed E-state index contributed by atoms with van der Waals surface area (Å²) in [5, 5.41) is 2.79. The molecule has 0 atom stereocenters. The number of nitrogens with zero attached hydrogens (tertiary/aromatic N) is 1. The average Bonchev–Trinajstić information content (AvgIpc) is 1.87. The van der Waals surface area contributed by atoms with Crippen LogP contribution in [0.2, 0.25) is 0 Å². The Kier molecular flexibility index (Phi) is 5.44. The van der Waals surface area contributed by atoms with E-state index in [1.165, 1.54) is 0 Å². The maximum atomic E-state index is 3.99. The fourth-order valence-corrected chi connectivity index (χ4v) is 0.376. The van der Waals surface area contributed by atoms with E-state index in [9.17, 15) is 0 Å². The monoisotopic (exact) mass is 138 g/mol. The maximum absolute atomic E-state index is 3.99. The van der Waals surface area contributed by atoms with Gasteiger partial charge in [0, 0.05) is 18.6 Å². The number of aliphatic imine (C=N–C) groups is 1. The van der Waals surface area contributed by atoms with Gasteiger partial charge in [-0.05, 0) is 12.1 Å². The molecule has 0 amide bonds. The predicted octanol–water partition coefficient (Wildman–Crippen LogP) is 1.92. The summed E-state index contributed by atoms with van der Waals surface area (Å²) >= 11 is 0. The molecule has 2 heteroatoms. The summed E-state index contributed by atoms with van der Waals surface area (Å²) < 4.78 is 0. The zero-order chi connectivity index (χ0) is 7.82. The van der Waals surface area contributed by atoms with Crippen molar-refractivity contribution in [2.45, 2.75) is 13.8 Å². The van der Waals surface area contributed by atoms with E-state index in [1.54, 1.807) is 18.6 Å². The minimum absolute atomic E-state index is 0.508. The molecule has 0 bridgehead atoms. The molecule has 1 N–H and O–H groups in total. The number of hydrogen-bond donors (Lipinski definition) is 1. The quantitative estimate of drug-likeness (QED) is 0.590. The minimum atomic E-state index is 0.508. The van der Waals surface area contributed by atoms with Crippen molar-refractivity contribution in [3.8, 4) is 0 Å². The van der Waals surface area contributed by atoms with E-state index >= 15 is 0 Å². The molecule has 0 aromatic carbocycles. The number of nitrogens with one attached hydrogen (secondary N) is 1. The lowest BCUT2D eigenvalue weighted by Crippen LogP contribution is -1.89. The second kappa shape index (κ2) is 6.08. The van der Waals surface area contributed by atoms with Crippen LogP contribution in [0.4, 0.5) is 0 Å². The Morgan fingerprint density at radius 3 is 2.70 bits per heavy atom. The van der Waals surface area contributed by atoms with Crippen LogP contribution in [0.25, 0.3) is 0 Å². The molecule has 10 heavy (non-hydrogen) atoms. The minimum Gasteiger partial charge on any atom is -0.367 e. The van der Waals surface area contributed by atoms with Gasteiger partial charge in [-0.2, -0.15) is 0 Å². The molecule has 0 radical (unpaired) electrons. The fourth-order valence-electron chi connectivity index (χ4n) is 0.376. The van der Waals surface area contributed by atoms with Gasteiger partial charge in [0.25, 0.3) is 0 Å². The van der Waals surface area contributed by atoms with Gasteiger partial charge >= 0.3 is 0 Å². The van der Waals surface area contributed by atoms with Gasteiger partial charge in [-0.1, -0.05) is 20.4 Å². The largest absolute Gasteiger partial charge is 0.367 e. The van der Waals surface area contributed by atoms with Gasteiger partial charge in [0.05, 0.1) is 0 Å². The summed E-state index contributed by atoms with van der Waals surface area (Å²) in [7, 11) is 0. The van der Waals surface area contributed by atoms with Gasteiger partial charge < -0.3 is 5.32 Å². The van der Waals surface area contributed by atoms with Crippen LogP contribution in [-0.2, 0) is 0 Å². The highest BCUT2D eigenvalue weighted by atomic mass is 14.8. The Morgan fingerprint density at radius 2 is 2.20 bits per heavy atom. The second-order valence-electron chi connectivity index (χ2n) is 2.23. The highest BCUT2D eigenvalue weighted by Gasteiger charge is 1.79. The molecule has 0 unspecified atom stereocenters. The van der Waals surface area contributed by atoms with Crippen molar-refractivity contribution in [3.63, 3.8) is 0 Å². The summed E-state index contributed by atoms with van der Waals surface area (Å²) in [6.45, 7) is 7.64. The number of hydrogen-bond acceptors (Lipinski definition) is 2. The normalized spacial score (nSPS) is 11.5. The van der Waals surface area contributed by atoms with Crippen LogP contribution in [0.15, 0.2) is 30.2 Å². The van der Waals surface area contributed by atoms with Crippen LogP contribution >= 0.6 is 0 Å². The van der Waals surface area contributed by atoms with Gasteiger partial charge in [0.1, 0.15) is 0 Å². The van der Waals surface area contributed by atoms with Gasteiger partial charge in [0.15, 0.2) is 0 Å². The van der Waals surface area contributed by atoms with Crippen molar-refractivity contribution in [3.05, 3.63) is 25.2 Å². The summed E-state index contributed by atoms with van der Waals surface area (Å²) in [6.07, 6.45) is 6.90. The van der Waals surface area contributed by atoms with Gasteiger partial charge in [-0.25, -0.2) is 0 Å². The highest BCUT2D eigenvalue weighted by molar-refractivity contribution is 5.60. The van der Waals surface area contributed by atoms with Gasteiger partial charge in [-0.15, -0.1) is 0 Å². The lowest BCUT2D eigenvalue weighted by molar-refractivity contribution is 0.907. The summed E-state index contributed by atoms with van der Waals surface area (Å²) in [5.74, 6) is 0.508. The molecule has 0 aromatic heterocycles. The molecule has 0 heterocycles. The van der Waals surface area contributed by atoms with Crippen molar-refractivity contribution in [1.29, 1.82) is 0 Å².